The predicted octanol–water partition coefficient (Wildman–Crippen LogP) is 0.334. The van der Waals surface area contributed by atoms with Gasteiger partial charge in [-0.05, 0) is 25.5 Å². The molecule has 1 N–H and O–H groups in total. The van der Waals surface area contributed by atoms with Gasteiger partial charge in [0.2, 0.25) is 5.91 Å². The molecule has 0 bridgehead atoms. The highest BCUT2D eigenvalue weighted by Gasteiger charge is 2.29. The maximum absolute atomic E-state index is 12.1. The Labute approximate surface area is 133 Å². The van der Waals surface area contributed by atoms with Gasteiger partial charge in [0.05, 0.1) is 25.0 Å². The molecule has 1 fully saturated rings. The van der Waals surface area contributed by atoms with Gasteiger partial charge in [0, 0.05) is 18.5 Å². The highest BCUT2D eigenvalue weighted by atomic mass is 16.5. The second-order valence-electron chi connectivity index (χ2n) is 5.43. The lowest BCUT2D eigenvalue weighted by atomic mass is 10.1. The van der Waals surface area contributed by atoms with Crippen LogP contribution in [0.15, 0.2) is 30.7 Å². The number of amides is 1. The molecule has 23 heavy (non-hydrogen) atoms. The number of carbonyl (C=O) groups is 1. The molecular formula is C15H19N5O3. The quantitative estimate of drug-likeness (QED) is 0.855. The first-order chi connectivity index (χ1) is 11.2. The second-order valence-corrected chi connectivity index (χ2v) is 5.43. The van der Waals surface area contributed by atoms with Gasteiger partial charge in [-0.2, -0.15) is 0 Å². The van der Waals surface area contributed by atoms with E-state index in [1.165, 1.54) is 10.9 Å². The molecule has 122 valence electrons. The average Bonchev–Trinajstić information content (AvgIpc) is 3.04. The van der Waals surface area contributed by atoms with Gasteiger partial charge in [0.1, 0.15) is 18.4 Å². The van der Waals surface area contributed by atoms with Gasteiger partial charge >= 0.3 is 0 Å². The number of nitrogens with zero attached hydrogens (tertiary/aromatic N) is 4. The summed E-state index contributed by atoms with van der Waals surface area (Å²) in [6.45, 7) is 3.08. The van der Waals surface area contributed by atoms with E-state index in [0.29, 0.717) is 25.4 Å². The number of pyridine rings is 1. The van der Waals surface area contributed by atoms with Crippen molar-refractivity contribution in [3.8, 4) is 5.75 Å². The summed E-state index contributed by atoms with van der Waals surface area (Å²) in [4.78, 5) is 16.3. The van der Waals surface area contributed by atoms with Crippen molar-refractivity contribution in [1.29, 1.82) is 0 Å². The summed E-state index contributed by atoms with van der Waals surface area (Å²) >= 11 is 0. The van der Waals surface area contributed by atoms with Gasteiger partial charge in [-0.15, -0.1) is 5.10 Å². The summed E-state index contributed by atoms with van der Waals surface area (Å²) in [5.74, 6) is 0.541. The van der Waals surface area contributed by atoms with Crippen LogP contribution in [0.1, 0.15) is 12.1 Å². The maximum atomic E-state index is 12.1. The number of ether oxygens (including phenoxy) is 2. The predicted molar refractivity (Wildman–Crippen MR) is 80.8 cm³/mol. The van der Waals surface area contributed by atoms with Gasteiger partial charge in [-0.25, -0.2) is 4.68 Å². The molecular weight excluding hydrogens is 298 g/mol. The van der Waals surface area contributed by atoms with E-state index in [1.807, 2.05) is 19.1 Å². The first-order valence-corrected chi connectivity index (χ1v) is 7.51. The van der Waals surface area contributed by atoms with Crippen molar-refractivity contribution in [1.82, 2.24) is 25.3 Å². The minimum Gasteiger partial charge on any atom is -0.484 e. The molecule has 0 aliphatic carbocycles. The molecule has 3 rings (SSSR count). The van der Waals surface area contributed by atoms with Gasteiger partial charge in [-0.3, -0.25) is 9.78 Å². The first-order valence-electron chi connectivity index (χ1n) is 7.51. The van der Waals surface area contributed by atoms with Crippen molar-refractivity contribution in [3.63, 3.8) is 0 Å². The minimum absolute atomic E-state index is 0.110. The van der Waals surface area contributed by atoms with Crippen LogP contribution >= 0.6 is 0 Å². The Morgan fingerprint density at radius 1 is 1.52 bits per heavy atom. The van der Waals surface area contributed by atoms with Gasteiger partial charge in [-0.1, -0.05) is 5.21 Å². The van der Waals surface area contributed by atoms with E-state index in [9.17, 15) is 4.79 Å². The number of aryl methyl sites for hydroxylation is 1. The van der Waals surface area contributed by atoms with Gasteiger partial charge in [0.25, 0.3) is 0 Å². The Kier molecular flexibility index (Phi) is 4.82. The van der Waals surface area contributed by atoms with E-state index in [-0.39, 0.29) is 24.6 Å². The van der Waals surface area contributed by atoms with E-state index in [2.05, 4.69) is 20.6 Å². The lowest BCUT2D eigenvalue weighted by molar-refractivity contribution is -0.124. The molecule has 3 heterocycles. The molecule has 0 spiro atoms. The standard InChI is InChI=1S/C15H19N5O3/c1-11-2-3-12(8-16-11)23-14-10-22-7-4-13(14)18-15(21)9-20-6-5-17-19-20/h2-3,5-6,8,13-14H,4,7,9-10H2,1H3,(H,18,21)/t13-,14+/m0/s1. The number of rotatable bonds is 5. The molecule has 0 aromatic carbocycles. The normalized spacial score (nSPS) is 20.9. The largest absolute Gasteiger partial charge is 0.484 e. The molecule has 2 aromatic heterocycles. The fraction of sp³-hybridized carbons (Fsp3) is 0.467. The second kappa shape index (κ2) is 7.19. The first kappa shape index (κ1) is 15.4. The summed E-state index contributed by atoms with van der Waals surface area (Å²) in [5, 5.41) is 10.5. The lowest BCUT2D eigenvalue weighted by Gasteiger charge is -2.32. The van der Waals surface area contributed by atoms with Gasteiger partial charge < -0.3 is 14.8 Å². The van der Waals surface area contributed by atoms with Gasteiger partial charge in [0.15, 0.2) is 0 Å². The van der Waals surface area contributed by atoms with E-state index in [1.54, 1.807) is 12.4 Å². The van der Waals surface area contributed by atoms with Crippen LogP contribution in [0.2, 0.25) is 0 Å². The minimum atomic E-state index is -0.243. The zero-order chi connectivity index (χ0) is 16.1. The maximum Gasteiger partial charge on any atom is 0.242 e. The summed E-state index contributed by atoms with van der Waals surface area (Å²) in [5.41, 5.74) is 0.926. The molecule has 0 radical (unpaired) electrons. The molecule has 1 aliphatic rings. The zero-order valence-corrected chi connectivity index (χ0v) is 12.9. The van der Waals surface area contributed by atoms with Crippen LogP contribution in [-0.2, 0) is 16.1 Å². The Morgan fingerprint density at radius 3 is 3.17 bits per heavy atom. The average molecular weight is 317 g/mol. The van der Waals surface area contributed by atoms with Crippen molar-refractivity contribution in [2.75, 3.05) is 13.2 Å². The number of nitrogens with one attached hydrogen (secondary N) is 1. The highest BCUT2D eigenvalue weighted by molar-refractivity contribution is 5.76. The fourth-order valence-corrected chi connectivity index (χ4v) is 2.41. The summed E-state index contributed by atoms with van der Waals surface area (Å²) in [6.07, 6.45) is 5.33. The Balaban J connectivity index is 1.59. The molecule has 2 atom stereocenters. The van der Waals surface area contributed by atoms with Crippen LogP contribution in [0.25, 0.3) is 0 Å². The summed E-state index contributed by atoms with van der Waals surface area (Å²) < 4.78 is 12.9. The molecule has 8 heteroatoms. The Morgan fingerprint density at radius 2 is 2.43 bits per heavy atom. The van der Waals surface area contributed by atoms with E-state index < -0.39 is 0 Å². The van der Waals surface area contributed by atoms with E-state index in [4.69, 9.17) is 9.47 Å². The van der Waals surface area contributed by atoms with Crippen LogP contribution in [-0.4, -0.2) is 51.2 Å². The van der Waals surface area contributed by atoms with Crippen molar-refractivity contribution >= 4 is 5.91 Å². The van der Waals surface area contributed by atoms with E-state index in [0.717, 1.165) is 5.69 Å². The van der Waals surface area contributed by atoms with Crippen molar-refractivity contribution in [2.45, 2.75) is 32.0 Å². The van der Waals surface area contributed by atoms with Crippen LogP contribution in [0.5, 0.6) is 5.75 Å². The summed E-state index contributed by atoms with van der Waals surface area (Å²) in [6, 6.07) is 3.64. The number of carbonyl (C=O) groups excluding carboxylic acids is 1. The molecule has 1 amide bonds. The van der Waals surface area contributed by atoms with Crippen LogP contribution < -0.4 is 10.1 Å². The van der Waals surface area contributed by atoms with Crippen molar-refractivity contribution < 1.29 is 14.3 Å². The number of hydrogen-bond donors (Lipinski definition) is 1. The van der Waals surface area contributed by atoms with Crippen LogP contribution in [0.4, 0.5) is 0 Å². The number of hydrogen-bond acceptors (Lipinski definition) is 6. The smallest absolute Gasteiger partial charge is 0.242 e. The SMILES string of the molecule is Cc1ccc(O[C@@H]2COCC[C@@H]2NC(=O)Cn2ccnn2)cn1. The third-order valence-electron chi connectivity index (χ3n) is 3.60. The monoisotopic (exact) mass is 317 g/mol. The summed E-state index contributed by atoms with van der Waals surface area (Å²) in [7, 11) is 0. The topological polar surface area (TPSA) is 91.2 Å². The zero-order valence-electron chi connectivity index (χ0n) is 12.9. The van der Waals surface area contributed by atoms with Crippen molar-refractivity contribution in [2.24, 2.45) is 0 Å². The molecule has 1 saturated heterocycles. The van der Waals surface area contributed by atoms with Crippen molar-refractivity contribution in [3.05, 3.63) is 36.4 Å². The molecule has 8 nitrogen and oxygen atoms in total. The third kappa shape index (κ3) is 4.26. The molecule has 2 aromatic rings. The highest BCUT2D eigenvalue weighted by Crippen LogP contribution is 2.17. The molecule has 0 unspecified atom stereocenters. The Bertz CT molecular complexity index is 629. The van der Waals surface area contributed by atoms with E-state index >= 15 is 0 Å². The molecule has 1 aliphatic heterocycles. The molecule has 0 saturated carbocycles. The van der Waals surface area contributed by atoms with Crippen LogP contribution in [0.3, 0.4) is 0 Å². The third-order valence-corrected chi connectivity index (χ3v) is 3.60. The lowest BCUT2D eigenvalue weighted by Crippen LogP contribution is -2.52. The fourth-order valence-electron chi connectivity index (χ4n) is 2.41. The number of aromatic nitrogens is 4. The van der Waals surface area contributed by atoms with Crippen LogP contribution in [0, 0.1) is 6.92 Å². The Hall–Kier alpha value is -2.48.